The molecule has 0 saturated heterocycles. The largest absolute Gasteiger partial charge is 0.490 e. The van der Waals surface area contributed by atoms with Gasteiger partial charge < -0.3 is 10.4 Å². The average Bonchev–Trinajstić information content (AvgIpc) is 3.69. The summed E-state index contributed by atoms with van der Waals surface area (Å²) in [4.78, 5) is 44.8. The number of hydrogen-bond acceptors (Lipinski definition) is 10. The molecule has 1 aliphatic heterocycles. The van der Waals surface area contributed by atoms with Crippen molar-refractivity contribution in [3.63, 3.8) is 0 Å². The SMILES string of the molecule is C[C@@H]1CCC[C@H](n2cnc(-c3cc(Cl)ccc3-n3cc(Cl)nn3)cc2=O)c2cc(ccn2)-c2c(cnn2S(C)(=O)=O)NC1=O.O=C(O)C(F)(F)F. The second-order valence-electron chi connectivity index (χ2n) is 11.3. The molecular weight excluding hydrogens is 742 g/mol. The number of carboxylic acids is 1. The Labute approximate surface area is 296 Å². The minimum Gasteiger partial charge on any atom is -0.475 e. The molecule has 2 atom stereocenters. The van der Waals surface area contributed by atoms with Gasteiger partial charge in [0, 0.05) is 34.3 Å². The van der Waals surface area contributed by atoms with Gasteiger partial charge in [-0.05, 0) is 43.2 Å². The number of nitrogens with zero attached hydrogens (tertiary/aromatic N) is 8. The van der Waals surface area contributed by atoms with Gasteiger partial charge in [0.25, 0.3) is 15.6 Å². The molecule has 0 fully saturated rings. The van der Waals surface area contributed by atoms with E-state index in [4.69, 9.17) is 33.1 Å². The van der Waals surface area contributed by atoms with Gasteiger partial charge in [0.05, 0.1) is 53.8 Å². The number of carboxylic acid groups (broad SMARTS) is 1. The molecule has 5 aromatic rings. The van der Waals surface area contributed by atoms with Crippen LogP contribution in [-0.2, 0) is 19.6 Å². The molecule has 0 spiro atoms. The van der Waals surface area contributed by atoms with Crippen LogP contribution in [0, 0.1) is 5.92 Å². The molecule has 6 rings (SSSR count). The van der Waals surface area contributed by atoms with Crippen LogP contribution in [0.3, 0.4) is 0 Å². The molecule has 15 nitrogen and oxygen atoms in total. The van der Waals surface area contributed by atoms with Gasteiger partial charge >= 0.3 is 12.1 Å². The number of pyridine rings is 1. The number of hydrogen-bond donors (Lipinski definition) is 2. The normalized spacial score (nSPS) is 16.5. The molecule has 4 aromatic heterocycles. The molecule has 21 heteroatoms. The Morgan fingerprint density at radius 3 is 2.43 bits per heavy atom. The van der Waals surface area contributed by atoms with Crippen molar-refractivity contribution >= 4 is 50.8 Å². The summed E-state index contributed by atoms with van der Waals surface area (Å²) >= 11 is 12.3. The Hall–Kier alpha value is -5.14. The second-order valence-corrected chi connectivity index (χ2v) is 13.9. The molecule has 0 aliphatic carbocycles. The molecule has 1 aromatic carbocycles. The van der Waals surface area contributed by atoms with E-state index >= 15 is 0 Å². The standard InChI is InChI=1S/C28H25Cl2N9O4S.C2HF3O2/c1-16-4-3-5-24(21-10-17(8-9-31-21)27-22(34-28(16)41)13-33-39(27)44(2,42)43)37-15-32-20(12-26(37)40)19-11-18(29)6-7-23(19)38-14-25(30)35-36-38;3-2(4,5)1(6)7/h6-16,24H,3-5H2,1-2H3,(H,34,41);(H,6,7)/t16-,24+;/m1./s1. The molecule has 0 saturated carbocycles. The van der Waals surface area contributed by atoms with Crippen LogP contribution in [0.4, 0.5) is 18.9 Å². The van der Waals surface area contributed by atoms with Crippen molar-refractivity contribution in [1.29, 1.82) is 0 Å². The van der Waals surface area contributed by atoms with Crippen LogP contribution in [-0.4, -0.2) is 76.5 Å². The number of rotatable bonds is 4. The summed E-state index contributed by atoms with van der Waals surface area (Å²) in [6, 6.07) is 9.26. The lowest BCUT2D eigenvalue weighted by Gasteiger charge is -2.22. The molecule has 5 heterocycles. The van der Waals surface area contributed by atoms with Crippen LogP contribution < -0.4 is 10.9 Å². The second kappa shape index (κ2) is 14.6. The summed E-state index contributed by atoms with van der Waals surface area (Å²) in [6.07, 6.45) is 3.35. The fourth-order valence-electron chi connectivity index (χ4n) is 5.22. The summed E-state index contributed by atoms with van der Waals surface area (Å²) in [5.41, 5.74) is 2.56. The number of carbonyl (C=O) groups is 2. The predicted molar refractivity (Wildman–Crippen MR) is 178 cm³/mol. The van der Waals surface area contributed by atoms with Gasteiger partial charge in [0.2, 0.25) is 5.91 Å². The zero-order chi connectivity index (χ0) is 37.2. The fraction of sp³-hybridized carbons (Fsp3) is 0.267. The first-order valence-electron chi connectivity index (χ1n) is 14.8. The number of fused-ring (bicyclic) bond motifs is 4. The van der Waals surface area contributed by atoms with E-state index in [-0.39, 0.29) is 33.9 Å². The highest BCUT2D eigenvalue weighted by atomic mass is 35.5. The molecule has 2 N–H and O–H groups in total. The Morgan fingerprint density at radius 1 is 1.08 bits per heavy atom. The van der Waals surface area contributed by atoms with Crippen molar-refractivity contribution in [3.05, 3.63) is 87.5 Å². The zero-order valence-electron chi connectivity index (χ0n) is 26.4. The fourth-order valence-corrected chi connectivity index (χ4v) is 6.27. The van der Waals surface area contributed by atoms with Crippen LogP contribution in [0.5, 0.6) is 0 Å². The Morgan fingerprint density at radius 2 is 1.80 bits per heavy atom. The van der Waals surface area contributed by atoms with E-state index < -0.39 is 28.2 Å². The maximum absolute atomic E-state index is 13.7. The molecule has 268 valence electrons. The third-order valence-electron chi connectivity index (χ3n) is 7.63. The molecule has 0 radical (unpaired) electrons. The summed E-state index contributed by atoms with van der Waals surface area (Å²) in [7, 11) is -3.82. The number of aromatic nitrogens is 8. The van der Waals surface area contributed by atoms with Crippen molar-refractivity contribution in [3.8, 4) is 28.2 Å². The first-order chi connectivity index (χ1) is 23.9. The van der Waals surface area contributed by atoms with Crippen LogP contribution in [0.1, 0.15) is 37.9 Å². The number of benzene rings is 1. The molecular formula is C30H26Cl2F3N9O6S. The summed E-state index contributed by atoms with van der Waals surface area (Å²) < 4.78 is 60.7. The van der Waals surface area contributed by atoms with E-state index in [1.807, 2.05) is 0 Å². The summed E-state index contributed by atoms with van der Waals surface area (Å²) in [5.74, 6) is -3.41. The number of amides is 1. The van der Waals surface area contributed by atoms with E-state index in [1.54, 1.807) is 37.3 Å². The van der Waals surface area contributed by atoms with Crippen LogP contribution >= 0.6 is 23.2 Å². The number of halogens is 5. The van der Waals surface area contributed by atoms with E-state index in [9.17, 15) is 31.2 Å². The monoisotopic (exact) mass is 767 g/mol. The predicted octanol–water partition coefficient (Wildman–Crippen LogP) is 4.85. The number of alkyl halides is 3. The lowest BCUT2D eigenvalue weighted by molar-refractivity contribution is -0.192. The van der Waals surface area contributed by atoms with Crippen molar-refractivity contribution in [1.82, 2.24) is 38.7 Å². The number of nitrogens with one attached hydrogen (secondary N) is 1. The number of carbonyl (C=O) groups excluding carboxylic acids is 1. The Kier molecular flexibility index (Phi) is 10.6. The summed E-state index contributed by atoms with van der Waals surface area (Å²) in [5, 5.41) is 22.5. The zero-order valence-corrected chi connectivity index (χ0v) is 28.7. The molecule has 1 amide bonds. The molecule has 0 unspecified atom stereocenters. The van der Waals surface area contributed by atoms with Crippen LogP contribution in [0.2, 0.25) is 10.2 Å². The molecule has 51 heavy (non-hydrogen) atoms. The highest BCUT2D eigenvalue weighted by Crippen LogP contribution is 2.34. The number of aliphatic carboxylic acids is 1. The van der Waals surface area contributed by atoms with Crippen LogP contribution in [0.25, 0.3) is 28.2 Å². The van der Waals surface area contributed by atoms with Crippen LogP contribution in [0.15, 0.2) is 66.1 Å². The molecule has 2 bridgehead atoms. The van der Waals surface area contributed by atoms with Crippen molar-refractivity contribution in [2.45, 2.75) is 38.4 Å². The first-order valence-corrected chi connectivity index (χ1v) is 17.4. The lowest BCUT2D eigenvalue weighted by Crippen LogP contribution is -2.27. The van der Waals surface area contributed by atoms with Crippen molar-refractivity contribution in [2.24, 2.45) is 5.92 Å². The van der Waals surface area contributed by atoms with E-state index in [1.165, 1.54) is 40.2 Å². The van der Waals surface area contributed by atoms with Gasteiger partial charge in [-0.15, -0.1) is 5.10 Å². The topological polar surface area (TPSA) is 197 Å². The summed E-state index contributed by atoms with van der Waals surface area (Å²) in [6.45, 7) is 1.79. The Bertz CT molecular complexity index is 2290. The van der Waals surface area contributed by atoms with E-state index in [0.29, 0.717) is 52.5 Å². The van der Waals surface area contributed by atoms with Crippen molar-refractivity contribution < 1.29 is 36.3 Å². The third-order valence-corrected chi connectivity index (χ3v) is 8.94. The lowest BCUT2D eigenvalue weighted by atomic mass is 9.97. The van der Waals surface area contributed by atoms with Gasteiger partial charge in [0.15, 0.2) is 5.15 Å². The highest BCUT2D eigenvalue weighted by Gasteiger charge is 2.38. The van der Waals surface area contributed by atoms with E-state index in [0.717, 1.165) is 10.3 Å². The minimum atomic E-state index is -5.08. The van der Waals surface area contributed by atoms with Gasteiger partial charge in [0.1, 0.15) is 5.69 Å². The minimum absolute atomic E-state index is 0.193. The third kappa shape index (κ3) is 8.43. The Balaban J connectivity index is 0.000000654. The quantitative estimate of drug-likeness (QED) is 0.254. The maximum atomic E-state index is 13.7. The van der Waals surface area contributed by atoms with Gasteiger partial charge in [-0.1, -0.05) is 41.8 Å². The number of anilines is 1. The van der Waals surface area contributed by atoms with Gasteiger partial charge in [-0.2, -0.15) is 22.4 Å². The average molecular weight is 769 g/mol. The highest BCUT2D eigenvalue weighted by molar-refractivity contribution is 7.89. The molecule has 1 aliphatic rings. The maximum Gasteiger partial charge on any atom is 0.490 e. The van der Waals surface area contributed by atoms with Gasteiger partial charge in [-0.3, -0.25) is 19.1 Å². The van der Waals surface area contributed by atoms with Gasteiger partial charge in [-0.25, -0.2) is 22.9 Å². The van der Waals surface area contributed by atoms with E-state index in [2.05, 4.69) is 30.7 Å². The van der Waals surface area contributed by atoms with Crippen molar-refractivity contribution in [2.75, 3.05) is 11.6 Å². The first kappa shape index (κ1) is 37.1. The smallest absolute Gasteiger partial charge is 0.475 e.